The van der Waals surface area contributed by atoms with Gasteiger partial charge in [0, 0.05) is 31.2 Å². The molecule has 0 spiro atoms. The zero-order valence-electron chi connectivity index (χ0n) is 9.58. The molecule has 0 aliphatic carbocycles. The molecule has 4 heteroatoms. The van der Waals surface area contributed by atoms with E-state index in [4.69, 9.17) is 4.74 Å². The van der Waals surface area contributed by atoms with Crippen molar-refractivity contribution >= 4 is 5.91 Å². The predicted octanol–water partition coefficient (Wildman–Crippen LogP) is 0.399. The minimum absolute atomic E-state index is 0.0449. The molecule has 1 heterocycles. The normalized spacial score (nSPS) is 17.8. The number of carbonyl (C=O) groups is 1. The molecule has 1 aliphatic rings. The maximum atomic E-state index is 11.6. The molecule has 0 unspecified atom stereocenters. The zero-order chi connectivity index (χ0) is 11.3. The molecule has 0 atom stereocenters. The van der Waals surface area contributed by atoms with Crippen LogP contribution in [-0.4, -0.2) is 49.7 Å². The maximum Gasteiger partial charge on any atom is 0.248 e. The van der Waals surface area contributed by atoms with Crippen LogP contribution in [0.5, 0.6) is 0 Å². The van der Waals surface area contributed by atoms with E-state index in [1.54, 1.807) is 0 Å². The fourth-order valence-electron chi connectivity index (χ4n) is 1.47. The summed E-state index contributed by atoms with van der Waals surface area (Å²) in [6, 6.07) is 0.166. The molecule has 0 saturated carbocycles. The highest BCUT2D eigenvalue weighted by atomic mass is 16.5. The Hall–Kier alpha value is -0.870. The summed E-state index contributed by atoms with van der Waals surface area (Å²) in [6.45, 7) is 11.6. The summed E-state index contributed by atoms with van der Waals surface area (Å²) in [5.74, 6) is -0.0449. The average molecular weight is 212 g/mol. The summed E-state index contributed by atoms with van der Waals surface area (Å²) >= 11 is 0. The molecule has 0 bridgehead atoms. The van der Waals surface area contributed by atoms with Crippen LogP contribution in [0.1, 0.15) is 13.8 Å². The first-order chi connectivity index (χ1) is 7.09. The van der Waals surface area contributed by atoms with Gasteiger partial charge >= 0.3 is 0 Å². The van der Waals surface area contributed by atoms with Crippen LogP contribution in [0, 0.1) is 0 Å². The van der Waals surface area contributed by atoms with Crippen molar-refractivity contribution in [3.05, 3.63) is 12.2 Å². The Balaban J connectivity index is 2.30. The topological polar surface area (TPSA) is 41.6 Å². The molecule has 1 amide bonds. The number of morpholine rings is 1. The second kappa shape index (κ2) is 5.88. The van der Waals surface area contributed by atoms with Crippen LogP contribution in [0.2, 0.25) is 0 Å². The van der Waals surface area contributed by atoms with Crippen molar-refractivity contribution in [2.45, 2.75) is 19.9 Å². The van der Waals surface area contributed by atoms with E-state index in [2.05, 4.69) is 16.8 Å². The standard InChI is InChI=1S/C11H20N2O2/c1-9(2)12-11(14)10(3)8-13-4-6-15-7-5-13/h9H,3-8H2,1-2H3,(H,12,14). The van der Waals surface area contributed by atoms with E-state index in [0.29, 0.717) is 12.1 Å². The number of nitrogens with one attached hydrogen (secondary N) is 1. The van der Waals surface area contributed by atoms with Crippen molar-refractivity contribution in [2.75, 3.05) is 32.8 Å². The van der Waals surface area contributed by atoms with E-state index in [0.717, 1.165) is 26.3 Å². The van der Waals surface area contributed by atoms with Gasteiger partial charge in [-0.25, -0.2) is 0 Å². The van der Waals surface area contributed by atoms with Crippen molar-refractivity contribution < 1.29 is 9.53 Å². The second-order valence-corrected chi connectivity index (χ2v) is 4.12. The van der Waals surface area contributed by atoms with Gasteiger partial charge in [0.05, 0.1) is 13.2 Å². The van der Waals surface area contributed by atoms with E-state index >= 15 is 0 Å². The first-order valence-corrected chi connectivity index (χ1v) is 5.38. The number of hydrogen-bond donors (Lipinski definition) is 1. The van der Waals surface area contributed by atoms with Crippen LogP contribution < -0.4 is 5.32 Å². The summed E-state index contributed by atoms with van der Waals surface area (Å²) in [7, 11) is 0. The Morgan fingerprint density at radius 3 is 2.60 bits per heavy atom. The van der Waals surface area contributed by atoms with E-state index in [1.165, 1.54) is 0 Å². The van der Waals surface area contributed by atoms with E-state index in [1.807, 2.05) is 13.8 Å². The molecule has 1 saturated heterocycles. The Morgan fingerprint density at radius 1 is 1.47 bits per heavy atom. The van der Waals surface area contributed by atoms with Gasteiger partial charge in [0.1, 0.15) is 0 Å². The molecule has 4 nitrogen and oxygen atoms in total. The summed E-state index contributed by atoms with van der Waals surface area (Å²) < 4.78 is 5.23. The molecule has 0 aromatic carbocycles. The van der Waals surface area contributed by atoms with Crippen LogP contribution >= 0.6 is 0 Å². The number of hydrogen-bond acceptors (Lipinski definition) is 3. The van der Waals surface area contributed by atoms with Crippen LogP contribution in [0.15, 0.2) is 12.2 Å². The molecule has 1 fully saturated rings. The van der Waals surface area contributed by atoms with Crippen LogP contribution in [0.3, 0.4) is 0 Å². The lowest BCUT2D eigenvalue weighted by molar-refractivity contribution is -0.118. The average Bonchev–Trinajstić information content (AvgIpc) is 2.18. The molecule has 1 N–H and O–H groups in total. The predicted molar refractivity (Wildman–Crippen MR) is 59.7 cm³/mol. The monoisotopic (exact) mass is 212 g/mol. The summed E-state index contributed by atoms with van der Waals surface area (Å²) in [4.78, 5) is 13.7. The summed E-state index contributed by atoms with van der Waals surface area (Å²) in [5, 5.41) is 2.84. The smallest absolute Gasteiger partial charge is 0.248 e. The Bertz CT molecular complexity index is 233. The Kier molecular flexibility index (Phi) is 4.78. The highest BCUT2D eigenvalue weighted by Gasteiger charge is 2.15. The molecule has 1 aliphatic heterocycles. The zero-order valence-corrected chi connectivity index (χ0v) is 9.58. The minimum Gasteiger partial charge on any atom is -0.379 e. The minimum atomic E-state index is -0.0449. The molecule has 15 heavy (non-hydrogen) atoms. The number of nitrogens with zero attached hydrogens (tertiary/aromatic N) is 1. The van der Waals surface area contributed by atoms with Crippen molar-refractivity contribution in [1.29, 1.82) is 0 Å². The molecule has 0 aromatic rings. The largest absolute Gasteiger partial charge is 0.379 e. The van der Waals surface area contributed by atoms with E-state index in [-0.39, 0.29) is 11.9 Å². The lowest BCUT2D eigenvalue weighted by Crippen LogP contribution is -2.40. The van der Waals surface area contributed by atoms with Gasteiger partial charge < -0.3 is 10.1 Å². The fourth-order valence-corrected chi connectivity index (χ4v) is 1.47. The van der Waals surface area contributed by atoms with Crippen molar-refractivity contribution in [3.8, 4) is 0 Å². The number of carbonyl (C=O) groups excluding carboxylic acids is 1. The molecule has 0 radical (unpaired) electrons. The molecular formula is C11H20N2O2. The molecule has 86 valence electrons. The van der Waals surface area contributed by atoms with Crippen molar-refractivity contribution in [3.63, 3.8) is 0 Å². The Morgan fingerprint density at radius 2 is 2.07 bits per heavy atom. The molecule has 1 rings (SSSR count). The van der Waals surface area contributed by atoms with Crippen LogP contribution in [0.4, 0.5) is 0 Å². The van der Waals surface area contributed by atoms with Gasteiger partial charge in [0.15, 0.2) is 0 Å². The number of amides is 1. The first-order valence-electron chi connectivity index (χ1n) is 5.38. The van der Waals surface area contributed by atoms with Gasteiger partial charge in [0.2, 0.25) is 5.91 Å². The Labute approximate surface area is 91.3 Å². The van der Waals surface area contributed by atoms with Crippen LogP contribution in [0.25, 0.3) is 0 Å². The van der Waals surface area contributed by atoms with Crippen LogP contribution in [-0.2, 0) is 9.53 Å². The first kappa shape index (κ1) is 12.2. The SMILES string of the molecule is C=C(CN1CCOCC1)C(=O)NC(C)C. The summed E-state index contributed by atoms with van der Waals surface area (Å²) in [5.41, 5.74) is 0.630. The van der Waals surface area contributed by atoms with Crippen molar-refractivity contribution in [2.24, 2.45) is 0 Å². The third kappa shape index (κ3) is 4.44. The van der Waals surface area contributed by atoms with Crippen molar-refractivity contribution in [1.82, 2.24) is 10.2 Å². The summed E-state index contributed by atoms with van der Waals surface area (Å²) in [6.07, 6.45) is 0. The van der Waals surface area contributed by atoms with Gasteiger partial charge in [-0.2, -0.15) is 0 Å². The lowest BCUT2D eigenvalue weighted by Gasteiger charge is -2.27. The lowest BCUT2D eigenvalue weighted by atomic mass is 10.2. The fraction of sp³-hybridized carbons (Fsp3) is 0.727. The van der Waals surface area contributed by atoms with Gasteiger partial charge in [-0.3, -0.25) is 9.69 Å². The molecule has 0 aromatic heterocycles. The van der Waals surface area contributed by atoms with Gasteiger partial charge in [-0.1, -0.05) is 6.58 Å². The highest BCUT2D eigenvalue weighted by molar-refractivity contribution is 5.93. The molecular weight excluding hydrogens is 192 g/mol. The van der Waals surface area contributed by atoms with Gasteiger partial charge in [0.25, 0.3) is 0 Å². The highest BCUT2D eigenvalue weighted by Crippen LogP contribution is 2.01. The number of rotatable bonds is 4. The quantitative estimate of drug-likeness (QED) is 0.686. The maximum absolute atomic E-state index is 11.6. The second-order valence-electron chi connectivity index (χ2n) is 4.12. The van der Waals surface area contributed by atoms with E-state index < -0.39 is 0 Å². The van der Waals surface area contributed by atoms with Gasteiger partial charge in [-0.15, -0.1) is 0 Å². The third-order valence-corrected chi connectivity index (χ3v) is 2.26. The van der Waals surface area contributed by atoms with Gasteiger partial charge in [-0.05, 0) is 13.8 Å². The van der Waals surface area contributed by atoms with E-state index in [9.17, 15) is 4.79 Å². The third-order valence-electron chi connectivity index (χ3n) is 2.26. The number of ether oxygens (including phenoxy) is 1.